The normalized spacial score (nSPS) is 10.8. The van der Waals surface area contributed by atoms with E-state index in [4.69, 9.17) is 4.74 Å². The third kappa shape index (κ3) is 3.05. The first-order valence-electron chi connectivity index (χ1n) is 7.70. The Morgan fingerprint density at radius 2 is 2.17 bits per heavy atom. The first kappa shape index (κ1) is 16.3. The standard InChI is InChI=1S/C16H19N5O2S/c1-4-20(5-2)15(22)17-14-18-16-21(19-14)13(10-24-16)11-7-6-8-12(9-11)23-3/h6-10H,4-5H2,1-3H3,(H,17,19,22). The minimum atomic E-state index is -0.193. The molecule has 0 spiro atoms. The number of carbonyl (C=O) groups excluding carboxylic acids is 1. The summed E-state index contributed by atoms with van der Waals surface area (Å²) in [5.74, 6) is 1.09. The van der Waals surface area contributed by atoms with Gasteiger partial charge in [0.1, 0.15) is 5.75 Å². The van der Waals surface area contributed by atoms with Crippen molar-refractivity contribution in [2.75, 3.05) is 25.5 Å². The van der Waals surface area contributed by atoms with Gasteiger partial charge in [0.05, 0.1) is 12.8 Å². The molecule has 1 N–H and O–H groups in total. The molecule has 3 aromatic rings. The maximum atomic E-state index is 12.1. The lowest BCUT2D eigenvalue weighted by molar-refractivity contribution is 0.217. The van der Waals surface area contributed by atoms with Gasteiger partial charge in [-0.25, -0.2) is 9.31 Å². The number of hydrogen-bond acceptors (Lipinski definition) is 5. The smallest absolute Gasteiger partial charge is 0.324 e. The number of hydrogen-bond donors (Lipinski definition) is 1. The number of urea groups is 1. The number of nitrogens with one attached hydrogen (secondary N) is 1. The summed E-state index contributed by atoms with van der Waals surface area (Å²) in [5.41, 5.74) is 1.89. The molecule has 0 bridgehead atoms. The van der Waals surface area contributed by atoms with Gasteiger partial charge < -0.3 is 9.64 Å². The summed E-state index contributed by atoms with van der Waals surface area (Å²) in [7, 11) is 1.64. The van der Waals surface area contributed by atoms with Gasteiger partial charge in [-0.3, -0.25) is 5.32 Å². The molecular weight excluding hydrogens is 326 g/mol. The number of anilines is 1. The van der Waals surface area contributed by atoms with Crippen molar-refractivity contribution in [3.05, 3.63) is 29.6 Å². The van der Waals surface area contributed by atoms with E-state index in [0.717, 1.165) is 22.0 Å². The quantitative estimate of drug-likeness (QED) is 0.770. The molecule has 0 saturated heterocycles. The van der Waals surface area contributed by atoms with E-state index >= 15 is 0 Å². The van der Waals surface area contributed by atoms with Gasteiger partial charge in [-0.05, 0) is 26.0 Å². The maximum Gasteiger partial charge on any atom is 0.324 e. The zero-order valence-electron chi connectivity index (χ0n) is 13.8. The molecule has 0 saturated carbocycles. The summed E-state index contributed by atoms with van der Waals surface area (Å²) in [4.78, 5) is 18.9. The highest BCUT2D eigenvalue weighted by molar-refractivity contribution is 7.15. The molecule has 2 heterocycles. The Morgan fingerprint density at radius 3 is 2.88 bits per heavy atom. The van der Waals surface area contributed by atoms with Gasteiger partial charge in [-0.1, -0.05) is 12.1 Å². The second-order valence-corrected chi connectivity index (χ2v) is 5.92. The number of carbonyl (C=O) groups is 1. The summed E-state index contributed by atoms with van der Waals surface area (Å²) in [6.07, 6.45) is 0. The number of ether oxygens (including phenoxy) is 1. The lowest BCUT2D eigenvalue weighted by Crippen LogP contribution is -2.34. The average Bonchev–Trinajstić information content (AvgIpc) is 3.16. The van der Waals surface area contributed by atoms with Crippen molar-refractivity contribution in [3.63, 3.8) is 0 Å². The molecule has 0 unspecified atom stereocenters. The Hall–Kier alpha value is -2.61. The summed E-state index contributed by atoms with van der Waals surface area (Å²) in [6.45, 7) is 5.14. The zero-order chi connectivity index (χ0) is 17.1. The van der Waals surface area contributed by atoms with Gasteiger partial charge in [0.2, 0.25) is 4.96 Å². The molecular formula is C16H19N5O2S. The predicted molar refractivity (Wildman–Crippen MR) is 94.8 cm³/mol. The lowest BCUT2D eigenvalue weighted by atomic mass is 10.2. The largest absolute Gasteiger partial charge is 0.497 e. The van der Waals surface area contributed by atoms with Crippen molar-refractivity contribution in [3.8, 4) is 17.0 Å². The number of nitrogens with zero attached hydrogens (tertiary/aromatic N) is 4. The fourth-order valence-electron chi connectivity index (χ4n) is 2.40. The Kier molecular flexibility index (Phi) is 4.66. The van der Waals surface area contributed by atoms with Crippen LogP contribution in [-0.4, -0.2) is 45.7 Å². The molecule has 7 nitrogen and oxygen atoms in total. The molecule has 0 aliphatic heterocycles. The summed E-state index contributed by atoms with van der Waals surface area (Å²) in [6, 6.07) is 7.56. The van der Waals surface area contributed by atoms with Crippen LogP contribution < -0.4 is 10.1 Å². The Labute approximate surface area is 143 Å². The Morgan fingerprint density at radius 1 is 1.38 bits per heavy atom. The minimum absolute atomic E-state index is 0.193. The van der Waals surface area contributed by atoms with E-state index in [1.54, 1.807) is 16.5 Å². The van der Waals surface area contributed by atoms with E-state index in [0.29, 0.717) is 19.0 Å². The van der Waals surface area contributed by atoms with Crippen LogP contribution in [-0.2, 0) is 0 Å². The van der Waals surface area contributed by atoms with E-state index in [2.05, 4.69) is 15.4 Å². The van der Waals surface area contributed by atoms with Crippen LogP contribution in [0, 0.1) is 0 Å². The van der Waals surface area contributed by atoms with E-state index in [1.807, 2.05) is 43.5 Å². The highest BCUT2D eigenvalue weighted by Crippen LogP contribution is 2.28. The number of rotatable bonds is 5. The van der Waals surface area contributed by atoms with Crippen molar-refractivity contribution < 1.29 is 9.53 Å². The molecule has 0 aliphatic rings. The zero-order valence-corrected chi connectivity index (χ0v) is 14.6. The molecule has 126 valence electrons. The molecule has 0 fully saturated rings. The monoisotopic (exact) mass is 345 g/mol. The fraction of sp³-hybridized carbons (Fsp3) is 0.312. The topological polar surface area (TPSA) is 71.8 Å². The first-order chi connectivity index (χ1) is 11.7. The summed E-state index contributed by atoms with van der Waals surface area (Å²) < 4.78 is 7.00. The van der Waals surface area contributed by atoms with Crippen LogP contribution >= 0.6 is 11.3 Å². The number of benzene rings is 1. The van der Waals surface area contributed by atoms with Crippen LogP contribution in [0.2, 0.25) is 0 Å². The van der Waals surface area contributed by atoms with Crippen LogP contribution in [0.5, 0.6) is 5.75 Å². The molecule has 8 heteroatoms. The van der Waals surface area contributed by atoms with Crippen molar-refractivity contribution in [2.24, 2.45) is 0 Å². The number of fused-ring (bicyclic) bond motifs is 1. The molecule has 1 aromatic carbocycles. The van der Waals surface area contributed by atoms with Crippen molar-refractivity contribution in [1.29, 1.82) is 0 Å². The molecule has 2 aromatic heterocycles. The Bertz CT molecular complexity index is 853. The van der Waals surface area contributed by atoms with Crippen molar-refractivity contribution >= 4 is 28.3 Å². The fourth-order valence-corrected chi connectivity index (χ4v) is 3.23. The van der Waals surface area contributed by atoms with Crippen molar-refractivity contribution in [2.45, 2.75) is 13.8 Å². The molecule has 0 radical (unpaired) electrons. The van der Waals surface area contributed by atoms with Gasteiger partial charge in [-0.15, -0.1) is 16.4 Å². The van der Waals surface area contributed by atoms with Gasteiger partial charge in [0.25, 0.3) is 5.95 Å². The minimum Gasteiger partial charge on any atom is -0.497 e. The highest BCUT2D eigenvalue weighted by Gasteiger charge is 2.15. The molecule has 24 heavy (non-hydrogen) atoms. The second-order valence-electron chi connectivity index (χ2n) is 5.09. The Balaban J connectivity index is 1.90. The van der Waals surface area contributed by atoms with E-state index in [-0.39, 0.29) is 6.03 Å². The third-order valence-corrected chi connectivity index (χ3v) is 4.53. The summed E-state index contributed by atoms with van der Waals surface area (Å²) in [5, 5.41) is 9.14. The van der Waals surface area contributed by atoms with Crippen LogP contribution in [0.4, 0.5) is 10.7 Å². The molecule has 2 amide bonds. The van der Waals surface area contributed by atoms with E-state index in [1.165, 1.54) is 11.3 Å². The number of thiazole rings is 1. The average molecular weight is 345 g/mol. The van der Waals surface area contributed by atoms with Crippen LogP contribution in [0.1, 0.15) is 13.8 Å². The van der Waals surface area contributed by atoms with Crippen LogP contribution in [0.3, 0.4) is 0 Å². The van der Waals surface area contributed by atoms with Gasteiger partial charge >= 0.3 is 6.03 Å². The predicted octanol–water partition coefficient (Wildman–Crippen LogP) is 3.34. The van der Waals surface area contributed by atoms with Gasteiger partial charge in [0, 0.05) is 24.0 Å². The number of methoxy groups -OCH3 is 1. The number of aromatic nitrogens is 3. The second kappa shape index (κ2) is 6.88. The van der Waals surface area contributed by atoms with Gasteiger partial charge in [-0.2, -0.15) is 4.98 Å². The van der Waals surface area contributed by atoms with Crippen LogP contribution in [0.25, 0.3) is 16.2 Å². The first-order valence-corrected chi connectivity index (χ1v) is 8.58. The molecule has 3 rings (SSSR count). The maximum absolute atomic E-state index is 12.1. The van der Waals surface area contributed by atoms with Crippen molar-refractivity contribution in [1.82, 2.24) is 19.5 Å². The SMILES string of the molecule is CCN(CC)C(=O)Nc1nc2scc(-c3cccc(OC)c3)n2n1. The number of amides is 2. The molecule has 0 aliphatic carbocycles. The van der Waals surface area contributed by atoms with Gasteiger partial charge in [0.15, 0.2) is 0 Å². The van der Waals surface area contributed by atoms with Crippen LogP contribution in [0.15, 0.2) is 29.6 Å². The van der Waals surface area contributed by atoms with E-state index in [9.17, 15) is 4.79 Å². The lowest BCUT2D eigenvalue weighted by Gasteiger charge is -2.17. The highest BCUT2D eigenvalue weighted by atomic mass is 32.1. The molecule has 0 atom stereocenters. The third-order valence-electron chi connectivity index (χ3n) is 3.72. The summed E-state index contributed by atoms with van der Waals surface area (Å²) >= 11 is 1.47. The van der Waals surface area contributed by atoms with E-state index < -0.39 is 0 Å².